The van der Waals surface area contributed by atoms with Crippen molar-refractivity contribution in [1.82, 2.24) is 0 Å². The predicted octanol–water partition coefficient (Wildman–Crippen LogP) is 2.76. The van der Waals surface area contributed by atoms with Crippen LogP contribution < -0.4 is 0 Å². The van der Waals surface area contributed by atoms with Gasteiger partial charge in [0.25, 0.3) is 0 Å². The average molecular weight is 205 g/mol. The molecule has 0 rings (SSSR count). The van der Waals surface area contributed by atoms with Crippen LogP contribution in [0.1, 0.15) is 6.92 Å². The molecule has 0 aliphatic heterocycles. The Balaban J connectivity index is 3.79. The lowest BCUT2D eigenvalue weighted by Crippen LogP contribution is -1.90. The number of hydrogen-bond donors (Lipinski definition) is 0. The third kappa shape index (κ3) is 4.50. The monoisotopic (exact) mass is 204 g/mol. The van der Waals surface area contributed by atoms with Crippen molar-refractivity contribution in [3.8, 4) is 0 Å². The Morgan fingerprint density at radius 3 is 2.73 bits per heavy atom. The predicted molar refractivity (Wildman–Crippen MR) is 37.5 cm³/mol. The Bertz CT molecular complexity index is 165. The van der Waals surface area contributed by atoms with Crippen LogP contribution >= 0.6 is 19.7 Å². The van der Waals surface area contributed by atoms with Gasteiger partial charge in [0, 0.05) is 0 Å². The number of phosphoric acid groups is 1. The summed E-state index contributed by atoms with van der Waals surface area (Å²) in [6, 6.07) is 0. The summed E-state index contributed by atoms with van der Waals surface area (Å²) in [6.45, 7) is 1.62. The fraction of sp³-hybridized carbons (Fsp3) is 0.500. The van der Waals surface area contributed by atoms with Crippen LogP contribution in [0.25, 0.3) is 0 Å². The lowest BCUT2D eigenvalue weighted by Gasteiger charge is -2.05. The van der Waals surface area contributed by atoms with E-state index in [9.17, 15) is 9.09 Å². The van der Waals surface area contributed by atoms with Gasteiger partial charge < -0.3 is 0 Å². The van der Waals surface area contributed by atoms with Crippen molar-refractivity contribution in [3.63, 3.8) is 0 Å². The van der Waals surface area contributed by atoms with E-state index in [-0.39, 0.29) is 6.61 Å². The molecule has 0 bridgehead atoms. The van der Waals surface area contributed by atoms with Crippen molar-refractivity contribution in [1.29, 1.82) is 0 Å². The second kappa shape index (κ2) is 5.69. The summed E-state index contributed by atoms with van der Waals surface area (Å²) < 4.78 is 32.7. The topological polar surface area (TPSA) is 44.8 Å². The molecule has 0 saturated heterocycles. The van der Waals surface area contributed by atoms with Gasteiger partial charge in [-0.3, -0.25) is 4.52 Å². The summed E-state index contributed by atoms with van der Waals surface area (Å²) in [5, 5.41) is 0. The molecule has 1 unspecified atom stereocenters. The summed E-state index contributed by atoms with van der Waals surface area (Å²) in [6.07, 6.45) is 3.11. The van der Waals surface area contributed by atoms with Gasteiger partial charge in [-0.15, -0.1) is 0 Å². The fourth-order valence-electron chi connectivity index (χ4n) is 0.281. The SMILES string of the molecule is CC=CCOP(=O)(OF)OCl. The smallest absolute Gasteiger partial charge is 0.280 e. The minimum absolute atomic E-state index is 0.0928. The van der Waals surface area contributed by atoms with Gasteiger partial charge in [0.1, 0.15) is 0 Å². The van der Waals surface area contributed by atoms with Crippen LogP contribution in [0.5, 0.6) is 0 Å². The van der Waals surface area contributed by atoms with Gasteiger partial charge in [-0.1, -0.05) is 16.9 Å². The number of halogens is 2. The van der Waals surface area contributed by atoms with Crippen LogP contribution in [0.15, 0.2) is 12.2 Å². The maximum atomic E-state index is 11.3. The molecule has 7 heteroatoms. The Kier molecular flexibility index (Phi) is 5.72. The van der Waals surface area contributed by atoms with Gasteiger partial charge in [-0.25, -0.2) is 4.57 Å². The maximum Gasteiger partial charge on any atom is 0.522 e. The largest absolute Gasteiger partial charge is 0.522 e. The number of allylic oxidation sites excluding steroid dienone is 1. The molecule has 0 aromatic carbocycles. The molecule has 0 spiro atoms. The van der Waals surface area contributed by atoms with Gasteiger partial charge in [-0.05, 0) is 11.4 Å². The molecule has 0 aliphatic carbocycles. The zero-order chi connectivity index (χ0) is 8.74. The van der Waals surface area contributed by atoms with Crippen molar-refractivity contribution in [2.24, 2.45) is 0 Å². The summed E-state index contributed by atoms with van der Waals surface area (Å²) >= 11 is 4.61. The van der Waals surface area contributed by atoms with Gasteiger partial charge >= 0.3 is 7.82 Å². The van der Waals surface area contributed by atoms with E-state index in [1.165, 1.54) is 6.08 Å². The van der Waals surface area contributed by atoms with Crippen LogP contribution in [0.4, 0.5) is 4.53 Å². The normalized spacial score (nSPS) is 17.0. The second-order valence-corrected chi connectivity index (χ2v) is 3.29. The molecular weight excluding hydrogens is 197 g/mol. The first-order chi connectivity index (χ1) is 5.18. The third-order valence-corrected chi connectivity index (χ3v) is 2.04. The zero-order valence-electron chi connectivity index (χ0n) is 5.70. The number of rotatable bonds is 5. The van der Waals surface area contributed by atoms with E-state index < -0.39 is 7.82 Å². The first-order valence-electron chi connectivity index (χ1n) is 2.65. The molecule has 0 aliphatic rings. The van der Waals surface area contributed by atoms with E-state index in [1.54, 1.807) is 13.0 Å². The molecule has 0 aromatic rings. The molecule has 1 atom stereocenters. The highest BCUT2D eigenvalue weighted by molar-refractivity contribution is 7.49. The summed E-state index contributed by atoms with van der Waals surface area (Å²) in [7, 11) is -4.16. The Labute approximate surface area is 68.6 Å². The van der Waals surface area contributed by atoms with Crippen LogP contribution in [0.3, 0.4) is 0 Å². The molecule has 0 amide bonds. The van der Waals surface area contributed by atoms with Crippen LogP contribution in [0.2, 0.25) is 0 Å². The molecule has 11 heavy (non-hydrogen) atoms. The fourth-order valence-corrected chi connectivity index (χ4v) is 0.834. The van der Waals surface area contributed by atoms with Crippen molar-refractivity contribution in [2.75, 3.05) is 6.61 Å². The minimum atomic E-state index is -4.16. The van der Waals surface area contributed by atoms with Gasteiger partial charge in [0.05, 0.1) is 18.5 Å². The molecule has 0 aromatic heterocycles. The molecule has 0 fully saturated rings. The van der Waals surface area contributed by atoms with Gasteiger partial charge in [0.15, 0.2) is 0 Å². The summed E-state index contributed by atoms with van der Waals surface area (Å²) in [5.74, 6) is 0. The van der Waals surface area contributed by atoms with Crippen LogP contribution in [-0.4, -0.2) is 6.61 Å². The molecular formula is C4H7ClFO4P. The molecule has 4 nitrogen and oxygen atoms in total. The van der Waals surface area contributed by atoms with E-state index in [2.05, 4.69) is 25.2 Å². The number of hydrogen-bond acceptors (Lipinski definition) is 4. The minimum Gasteiger partial charge on any atom is -0.280 e. The first kappa shape index (κ1) is 11.1. The standard InChI is InChI=1S/C4H7ClFO4P/c1-2-3-4-8-11(7,9-5)10-6/h2-3H,4H2,1H3. The van der Waals surface area contributed by atoms with Crippen molar-refractivity contribution in [2.45, 2.75) is 6.92 Å². The highest BCUT2D eigenvalue weighted by Gasteiger charge is 2.27. The lowest BCUT2D eigenvalue weighted by molar-refractivity contribution is -0.0424. The highest BCUT2D eigenvalue weighted by atomic mass is 35.5. The zero-order valence-corrected chi connectivity index (χ0v) is 7.35. The van der Waals surface area contributed by atoms with E-state index >= 15 is 0 Å². The quantitative estimate of drug-likeness (QED) is 0.510. The van der Waals surface area contributed by atoms with Gasteiger partial charge in [0.2, 0.25) is 0 Å². The molecule has 0 N–H and O–H groups in total. The summed E-state index contributed by atoms with van der Waals surface area (Å²) in [5.41, 5.74) is 0. The van der Waals surface area contributed by atoms with E-state index in [0.29, 0.717) is 0 Å². The van der Waals surface area contributed by atoms with Crippen molar-refractivity contribution < 1.29 is 22.4 Å². The first-order valence-corrected chi connectivity index (χ1v) is 4.42. The summed E-state index contributed by atoms with van der Waals surface area (Å²) in [4.78, 5) is 0. The molecule has 66 valence electrons. The molecule has 0 radical (unpaired) electrons. The van der Waals surface area contributed by atoms with Crippen LogP contribution in [-0.2, 0) is 17.9 Å². The molecule has 0 saturated carbocycles. The second-order valence-electron chi connectivity index (χ2n) is 1.45. The maximum absolute atomic E-state index is 11.3. The Morgan fingerprint density at radius 1 is 1.73 bits per heavy atom. The van der Waals surface area contributed by atoms with Crippen molar-refractivity contribution in [3.05, 3.63) is 12.2 Å². The van der Waals surface area contributed by atoms with Gasteiger partial charge in [-0.2, -0.15) is 4.08 Å². The Hall–Kier alpha value is 0.0700. The average Bonchev–Trinajstić information content (AvgIpc) is 2.05. The highest BCUT2D eigenvalue weighted by Crippen LogP contribution is 2.50. The van der Waals surface area contributed by atoms with E-state index in [4.69, 9.17) is 0 Å². The molecule has 0 heterocycles. The van der Waals surface area contributed by atoms with E-state index in [0.717, 1.165) is 0 Å². The van der Waals surface area contributed by atoms with Crippen molar-refractivity contribution >= 4 is 19.7 Å². The Morgan fingerprint density at radius 2 is 2.36 bits per heavy atom. The van der Waals surface area contributed by atoms with E-state index in [1.807, 2.05) is 0 Å². The lowest BCUT2D eigenvalue weighted by atomic mass is 10.6. The van der Waals surface area contributed by atoms with Crippen LogP contribution in [0, 0.1) is 0 Å². The third-order valence-electron chi connectivity index (χ3n) is 0.734.